The van der Waals surface area contributed by atoms with E-state index in [1.165, 1.54) is 0 Å². The Bertz CT molecular complexity index is 649. The Balaban J connectivity index is 1.80. The summed E-state index contributed by atoms with van der Waals surface area (Å²) >= 11 is 0. The van der Waals surface area contributed by atoms with Crippen LogP contribution in [0.15, 0.2) is 6.07 Å². The largest absolute Gasteiger partial charge is 0.481 e. The number of hydrogen-bond donors (Lipinski definition) is 0. The van der Waals surface area contributed by atoms with Crippen LogP contribution in [0.4, 0.5) is 0 Å². The van der Waals surface area contributed by atoms with Crippen LogP contribution in [0.5, 0.6) is 5.88 Å². The molecule has 0 N–H and O–H groups in total. The van der Waals surface area contributed by atoms with Crippen molar-refractivity contribution < 1.29 is 9.47 Å². The van der Waals surface area contributed by atoms with Crippen molar-refractivity contribution in [3.8, 4) is 5.88 Å². The van der Waals surface area contributed by atoms with Gasteiger partial charge in [-0.15, -0.1) is 10.2 Å². The molecule has 0 saturated carbocycles. The molecule has 0 radical (unpaired) electrons. The summed E-state index contributed by atoms with van der Waals surface area (Å²) < 4.78 is 10.8. The van der Waals surface area contributed by atoms with Gasteiger partial charge in [0.1, 0.15) is 0 Å². The summed E-state index contributed by atoms with van der Waals surface area (Å²) in [6, 6.07) is 2.04. The second kappa shape index (κ2) is 6.39. The Kier molecular flexibility index (Phi) is 4.33. The van der Waals surface area contributed by atoms with E-state index in [4.69, 9.17) is 9.47 Å². The number of tetrazole rings is 1. The first kappa shape index (κ1) is 14.9. The zero-order valence-electron chi connectivity index (χ0n) is 13.2. The van der Waals surface area contributed by atoms with Crippen molar-refractivity contribution in [1.29, 1.82) is 0 Å². The van der Waals surface area contributed by atoms with Crippen molar-refractivity contribution >= 4 is 0 Å². The van der Waals surface area contributed by atoms with E-state index in [9.17, 15) is 0 Å². The van der Waals surface area contributed by atoms with E-state index in [-0.39, 0.29) is 0 Å². The van der Waals surface area contributed by atoms with Crippen LogP contribution in [-0.2, 0) is 11.3 Å². The van der Waals surface area contributed by atoms with Gasteiger partial charge in [0.05, 0.1) is 13.7 Å². The van der Waals surface area contributed by atoms with Gasteiger partial charge in [-0.05, 0) is 43.5 Å². The van der Waals surface area contributed by atoms with Crippen LogP contribution in [0, 0.1) is 13.8 Å². The molecule has 0 amide bonds. The summed E-state index contributed by atoms with van der Waals surface area (Å²) in [4.78, 5) is 6.03. The number of hydrogen-bond acceptors (Lipinski definition) is 6. The molecule has 0 aromatic carbocycles. The first-order chi connectivity index (χ1) is 10.7. The molecule has 0 aliphatic carbocycles. The summed E-state index contributed by atoms with van der Waals surface area (Å²) in [6.07, 6.45) is 1.92. The molecule has 2 aromatic heterocycles. The van der Waals surface area contributed by atoms with E-state index >= 15 is 0 Å². The number of rotatable bonds is 4. The molecule has 118 valence electrons. The van der Waals surface area contributed by atoms with Crippen molar-refractivity contribution in [2.75, 3.05) is 20.3 Å². The molecular weight excluding hydrogens is 282 g/mol. The van der Waals surface area contributed by atoms with E-state index in [1.807, 2.05) is 19.9 Å². The van der Waals surface area contributed by atoms with Crippen molar-refractivity contribution in [2.24, 2.45) is 0 Å². The van der Waals surface area contributed by atoms with Gasteiger partial charge >= 0.3 is 0 Å². The number of pyridine rings is 1. The molecular formula is C15H21N5O2. The summed E-state index contributed by atoms with van der Waals surface area (Å²) in [6.45, 7) is 6.06. The SMILES string of the molecule is COc1nc(C)cc(C)c1Cn1nnc(C2CCOCC2)n1. The first-order valence-corrected chi connectivity index (χ1v) is 7.54. The molecule has 3 rings (SSSR count). The Morgan fingerprint density at radius 3 is 2.82 bits per heavy atom. The molecule has 0 spiro atoms. The zero-order chi connectivity index (χ0) is 15.5. The highest BCUT2D eigenvalue weighted by molar-refractivity contribution is 5.35. The standard InChI is InChI=1S/C15H21N5O2/c1-10-8-11(2)16-15(21-3)13(10)9-20-18-14(17-19-20)12-4-6-22-7-5-12/h8,12H,4-7,9H2,1-3H3. The summed E-state index contributed by atoms with van der Waals surface area (Å²) in [5.74, 6) is 1.78. The van der Waals surface area contributed by atoms with Crippen LogP contribution in [-0.4, -0.2) is 45.5 Å². The molecule has 7 nitrogen and oxygen atoms in total. The summed E-state index contributed by atoms with van der Waals surface area (Å²) in [5.41, 5.74) is 3.05. The molecule has 22 heavy (non-hydrogen) atoms. The van der Waals surface area contributed by atoms with Gasteiger partial charge in [0, 0.05) is 30.4 Å². The monoisotopic (exact) mass is 303 g/mol. The van der Waals surface area contributed by atoms with E-state index < -0.39 is 0 Å². The molecule has 1 saturated heterocycles. The Labute approximate surface area is 129 Å². The second-order valence-electron chi connectivity index (χ2n) is 5.63. The van der Waals surface area contributed by atoms with E-state index in [2.05, 4.69) is 20.4 Å². The maximum Gasteiger partial charge on any atom is 0.218 e. The lowest BCUT2D eigenvalue weighted by atomic mass is 10.00. The summed E-state index contributed by atoms with van der Waals surface area (Å²) in [7, 11) is 1.63. The molecule has 1 fully saturated rings. The van der Waals surface area contributed by atoms with Crippen molar-refractivity contribution in [3.63, 3.8) is 0 Å². The maximum absolute atomic E-state index is 5.39. The quantitative estimate of drug-likeness (QED) is 0.854. The molecule has 7 heteroatoms. The van der Waals surface area contributed by atoms with Gasteiger partial charge < -0.3 is 9.47 Å². The van der Waals surface area contributed by atoms with Crippen molar-refractivity contribution in [2.45, 2.75) is 39.2 Å². The Morgan fingerprint density at radius 2 is 2.09 bits per heavy atom. The number of methoxy groups -OCH3 is 1. The highest BCUT2D eigenvalue weighted by Crippen LogP contribution is 2.24. The Hall–Kier alpha value is -2.02. The Morgan fingerprint density at radius 1 is 1.32 bits per heavy atom. The van der Waals surface area contributed by atoms with Crippen LogP contribution in [0.25, 0.3) is 0 Å². The predicted octanol–water partition coefficient (Wildman–Crippen LogP) is 1.64. The molecule has 3 heterocycles. The van der Waals surface area contributed by atoms with Gasteiger partial charge in [0.2, 0.25) is 5.88 Å². The van der Waals surface area contributed by atoms with Gasteiger partial charge in [0.25, 0.3) is 0 Å². The van der Waals surface area contributed by atoms with Crippen LogP contribution in [0.1, 0.15) is 41.4 Å². The van der Waals surface area contributed by atoms with Crippen molar-refractivity contribution in [1.82, 2.24) is 25.2 Å². The first-order valence-electron chi connectivity index (χ1n) is 7.54. The molecule has 2 aromatic rings. The minimum Gasteiger partial charge on any atom is -0.481 e. The average Bonchev–Trinajstić information content (AvgIpc) is 2.99. The number of ether oxygens (including phenoxy) is 2. The third-order valence-electron chi connectivity index (χ3n) is 3.99. The number of aryl methyl sites for hydroxylation is 2. The third kappa shape index (κ3) is 3.09. The average molecular weight is 303 g/mol. The van der Waals surface area contributed by atoms with Crippen LogP contribution < -0.4 is 4.74 Å². The normalized spacial score (nSPS) is 16.0. The topological polar surface area (TPSA) is 75.0 Å². The van der Waals surface area contributed by atoms with Gasteiger partial charge in [-0.25, -0.2) is 4.98 Å². The van der Waals surface area contributed by atoms with E-state index in [1.54, 1.807) is 11.9 Å². The minimum atomic E-state index is 0.349. The minimum absolute atomic E-state index is 0.349. The van der Waals surface area contributed by atoms with E-state index in [0.29, 0.717) is 18.3 Å². The van der Waals surface area contributed by atoms with Crippen LogP contribution >= 0.6 is 0 Å². The lowest BCUT2D eigenvalue weighted by Crippen LogP contribution is -2.15. The third-order valence-corrected chi connectivity index (χ3v) is 3.99. The molecule has 0 unspecified atom stereocenters. The fraction of sp³-hybridized carbons (Fsp3) is 0.600. The maximum atomic E-state index is 5.39. The molecule has 1 aliphatic rings. The number of aromatic nitrogens is 5. The highest BCUT2D eigenvalue weighted by atomic mass is 16.5. The zero-order valence-corrected chi connectivity index (χ0v) is 13.2. The van der Waals surface area contributed by atoms with Gasteiger partial charge in [-0.2, -0.15) is 4.80 Å². The highest BCUT2D eigenvalue weighted by Gasteiger charge is 2.21. The molecule has 1 aliphatic heterocycles. The number of nitrogens with zero attached hydrogens (tertiary/aromatic N) is 5. The lowest BCUT2D eigenvalue weighted by Gasteiger charge is -2.18. The van der Waals surface area contributed by atoms with Crippen molar-refractivity contribution in [3.05, 3.63) is 28.7 Å². The smallest absolute Gasteiger partial charge is 0.218 e. The van der Waals surface area contributed by atoms with Gasteiger partial charge in [-0.3, -0.25) is 0 Å². The van der Waals surface area contributed by atoms with E-state index in [0.717, 1.165) is 48.7 Å². The van der Waals surface area contributed by atoms with Crippen LogP contribution in [0.2, 0.25) is 0 Å². The fourth-order valence-corrected chi connectivity index (χ4v) is 2.77. The van der Waals surface area contributed by atoms with Gasteiger partial charge in [-0.1, -0.05) is 0 Å². The molecule has 0 atom stereocenters. The lowest BCUT2D eigenvalue weighted by molar-refractivity contribution is 0.0835. The molecule has 0 bridgehead atoms. The fourth-order valence-electron chi connectivity index (χ4n) is 2.77. The van der Waals surface area contributed by atoms with Gasteiger partial charge in [0.15, 0.2) is 5.82 Å². The van der Waals surface area contributed by atoms with Crippen LogP contribution in [0.3, 0.4) is 0 Å². The summed E-state index contributed by atoms with van der Waals surface area (Å²) in [5, 5.41) is 12.9. The second-order valence-corrected chi connectivity index (χ2v) is 5.63. The predicted molar refractivity (Wildman–Crippen MR) is 80.0 cm³/mol.